The summed E-state index contributed by atoms with van der Waals surface area (Å²) >= 11 is 0. The minimum Gasteiger partial charge on any atom is -0.306 e. The number of para-hydroxylation sites is 1. The van der Waals surface area contributed by atoms with E-state index in [1.165, 1.54) is 5.56 Å². The highest BCUT2D eigenvalue weighted by Gasteiger charge is 2.16. The van der Waals surface area contributed by atoms with Crippen molar-refractivity contribution in [2.24, 2.45) is 0 Å². The number of carbonyl (C=O) groups is 1. The number of fused-ring (bicyclic) bond motifs is 2. The van der Waals surface area contributed by atoms with Crippen LogP contribution in [-0.4, -0.2) is 25.5 Å². The van der Waals surface area contributed by atoms with Crippen LogP contribution >= 0.6 is 0 Å². The monoisotopic (exact) mass is 393 g/mol. The van der Waals surface area contributed by atoms with Crippen molar-refractivity contribution in [3.8, 4) is 11.3 Å². The van der Waals surface area contributed by atoms with Crippen LogP contribution in [0.5, 0.6) is 0 Å². The topological polar surface area (TPSA) is 72.2 Å². The van der Waals surface area contributed by atoms with E-state index in [1.54, 1.807) is 29.0 Å². The molecule has 0 fully saturated rings. The Morgan fingerprint density at radius 1 is 0.967 bits per heavy atom. The van der Waals surface area contributed by atoms with Gasteiger partial charge >= 0.3 is 0 Å². The van der Waals surface area contributed by atoms with E-state index in [9.17, 15) is 4.79 Å². The van der Waals surface area contributed by atoms with Gasteiger partial charge in [-0.1, -0.05) is 42.0 Å². The molecule has 0 aliphatic heterocycles. The number of nitrogens with zero attached hydrogens (tertiary/aromatic N) is 4. The van der Waals surface area contributed by atoms with Gasteiger partial charge in [-0.15, -0.1) is 0 Å². The van der Waals surface area contributed by atoms with Crippen molar-refractivity contribution in [1.29, 1.82) is 0 Å². The van der Waals surface area contributed by atoms with Gasteiger partial charge < -0.3 is 5.32 Å². The minimum atomic E-state index is -0.220. The number of aryl methyl sites for hydroxylation is 2. The third-order valence-electron chi connectivity index (χ3n) is 5.15. The number of amides is 1. The van der Waals surface area contributed by atoms with E-state index in [2.05, 4.69) is 47.4 Å². The third-order valence-corrected chi connectivity index (χ3v) is 5.15. The van der Waals surface area contributed by atoms with Crippen LogP contribution in [0.2, 0.25) is 0 Å². The number of benzene rings is 2. The maximum absolute atomic E-state index is 13.3. The number of hydrogen-bond donors (Lipinski definition) is 1. The molecule has 1 amide bonds. The maximum atomic E-state index is 13.3. The van der Waals surface area contributed by atoms with Crippen LogP contribution in [0.25, 0.3) is 27.8 Å². The summed E-state index contributed by atoms with van der Waals surface area (Å²) in [5, 5.41) is 8.02. The zero-order valence-electron chi connectivity index (χ0n) is 16.6. The summed E-state index contributed by atoms with van der Waals surface area (Å²) < 4.78 is 1.60. The molecule has 146 valence electrons. The molecule has 0 spiro atoms. The Labute approximate surface area is 173 Å². The SMILES string of the molecule is Cc1ccc(-c2cc(C(=O)Nc3ccnc4ccnn34)c3ccccc3n2)c(C)c1. The molecule has 3 heterocycles. The fraction of sp³-hybridized carbons (Fsp3) is 0.0833. The van der Waals surface area contributed by atoms with Gasteiger partial charge in [-0.3, -0.25) is 4.79 Å². The van der Waals surface area contributed by atoms with Crippen molar-refractivity contribution in [2.45, 2.75) is 13.8 Å². The average Bonchev–Trinajstić information content (AvgIpc) is 3.23. The van der Waals surface area contributed by atoms with E-state index in [0.717, 1.165) is 27.7 Å². The first kappa shape index (κ1) is 18.0. The van der Waals surface area contributed by atoms with Crippen LogP contribution < -0.4 is 5.32 Å². The zero-order valence-corrected chi connectivity index (χ0v) is 16.6. The number of pyridine rings is 1. The van der Waals surface area contributed by atoms with E-state index in [1.807, 2.05) is 30.3 Å². The molecule has 0 aliphatic carbocycles. The molecule has 5 rings (SSSR count). The standard InChI is InChI=1S/C24H19N5O/c1-15-7-8-17(16(2)13-15)21-14-19(18-5-3-4-6-20(18)27-21)24(30)28-23-9-11-25-22-10-12-26-29(22)23/h3-14H,1-2H3,(H,28,30). The van der Waals surface area contributed by atoms with Gasteiger partial charge in [0, 0.05) is 23.2 Å². The van der Waals surface area contributed by atoms with Gasteiger partial charge in [0.2, 0.25) is 0 Å². The van der Waals surface area contributed by atoms with Gasteiger partial charge in [0.15, 0.2) is 5.65 Å². The fourth-order valence-corrected chi connectivity index (χ4v) is 3.72. The molecular formula is C24H19N5O. The van der Waals surface area contributed by atoms with Gasteiger partial charge in [0.1, 0.15) is 5.82 Å². The van der Waals surface area contributed by atoms with Crippen LogP contribution in [-0.2, 0) is 0 Å². The molecular weight excluding hydrogens is 374 g/mol. The maximum Gasteiger partial charge on any atom is 0.257 e. The van der Waals surface area contributed by atoms with E-state index >= 15 is 0 Å². The molecule has 3 aromatic heterocycles. The van der Waals surface area contributed by atoms with Gasteiger partial charge in [-0.2, -0.15) is 9.61 Å². The van der Waals surface area contributed by atoms with Gasteiger partial charge in [0.25, 0.3) is 5.91 Å². The van der Waals surface area contributed by atoms with Crippen molar-refractivity contribution in [2.75, 3.05) is 5.32 Å². The molecule has 5 aromatic rings. The summed E-state index contributed by atoms with van der Waals surface area (Å²) in [7, 11) is 0. The predicted molar refractivity (Wildman–Crippen MR) is 118 cm³/mol. The smallest absolute Gasteiger partial charge is 0.257 e. The second-order valence-electron chi connectivity index (χ2n) is 7.28. The van der Waals surface area contributed by atoms with Gasteiger partial charge in [-0.25, -0.2) is 9.97 Å². The van der Waals surface area contributed by atoms with Crippen LogP contribution in [0, 0.1) is 13.8 Å². The Kier molecular flexibility index (Phi) is 4.25. The van der Waals surface area contributed by atoms with Gasteiger partial charge in [-0.05, 0) is 37.6 Å². The molecule has 0 atom stereocenters. The van der Waals surface area contributed by atoms with Gasteiger partial charge in [0.05, 0.1) is 23.0 Å². The molecule has 0 saturated carbocycles. The summed E-state index contributed by atoms with van der Waals surface area (Å²) in [6, 6.07) is 19.3. The largest absolute Gasteiger partial charge is 0.306 e. The van der Waals surface area contributed by atoms with E-state index in [-0.39, 0.29) is 5.91 Å². The second kappa shape index (κ2) is 7.08. The molecule has 0 bridgehead atoms. The lowest BCUT2D eigenvalue weighted by molar-refractivity contribution is 0.102. The van der Waals surface area contributed by atoms with Crippen molar-refractivity contribution in [3.63, 3.8) is 0 Å². The lowest BCUT2D eigenvalue weighted by Crippen LogP contribution is -2.16. The molecule has 6 nitrogen and oxygen atoms in total. The molecule has 1 N–H and O–H groups in total. The highest BCUT2D eigenvalue weighted by molar-refractivity contribution is 6.13. The fourth-order valence-electron chi connectivity index (χ4n) is 3.72. The second-order valence-corrected chi connectivity index (χ2v) is 7.28. The van der Waals surface area contributed by atoms with Crippen molar-refractivity contribution >= 4 is 28.3 Å². The summed E-state index contributed by atoms with van der Waals surface area (Å²) in [5.41, 5.74) is 6.11. The Balaban J connectivity index is 1.64. The molecule has 0 unspecified atom stereocenters. The Hall–Kier alpha value is -4.06. The van der Waals surface area contributed by atoms with Crippen LogP contribution in [0.15, 0.2) is 73.1 Å². The lowest BCUT2D eigenvalue weighted by atomic mass is 9.99. The quantitative estimate of drug-likeness (QED) is 0.477. The van der Waals surface area contributed by atoms with Crippen LogP contribution in [0.4, 0.5) is 5.82 Å². The lowest BCUT2D eigenvalue weighted by Gasteiger charge is -2.12. The van der Waals surface area contributed by atoms with Crippen LogP contribution in [0.1, 0.15) is 21.5 Å². The molecule has 2 aromatic carbocycles. The predicted octanol–water partition coefficient (Wildman–Crippen LogP) is 4.81. The molecule has 0 saturated heterocycles. The van der Waals surface area contributed by atoms with E-state index in [4.69, 9.17) is 4.98 Å². The summed E-state index contributed by atoms with van der Waals surface area (Å²) in [5.74, 6) is 0.339. The highest BCUT2D eigenvalue weighted by atomic mass is 16.1. The molecule has 0 radical (unpaired) electrons. The van der Waals surface area contributed by atoms with Crippen molar-refractivity contribution < 1.29 is 4.79 Å². The Bertz CT molecular complexity index is 1420. The first-order valence-electron chi connectivity index (χ1n) is 9.68. The normalized spacial score (nSPS) is 11.1. The first-order chi connectivity index (χ1) is 14.6. The Morgan fingerprint density at radius 2 is 1.83 bits per heavy atom. The highest BCUT2D eigenvalue weighted by Crippen LogP contribution is 2.28. The first-order valence-corrected chi connectivity index (χ1v) is 9.68. The number of carbonyl (C=O) groups excluding carboxylic acids is 1. The molecule has 0 aliphatic rings. The summed E-state index contributed by atoms with van der Waals surface area (Å²) in [6.07, 6.45) is 3.30. The van der Waals surface area contributed by atoms with Crippen LogP contribution in [0.3, 0.4) is 0 Å². The summed E-state index contributed by atoms with van der Waals surface area (Å²) in [6.45, 7) is 4.12. The Morgan fingerprint density at radius 3 is 2.70 bits per heavy atom. The number of rotatable bonds is 3. The average molecular weight is 393 g/mol. The molecule has 6 heteroatoms. The van der Waals surface area contributed by atoms with Crippen molar-refractivity contribution in [3.05, 3.63) is 89.7 Å². The number of hydrogen-bond acceptors (Lipinski definition) is 4. The van der Waals surface area contributed by atoms with E-state index < -0.39 is 0 Å². The summed E-state index contributed by atoms with van der Waals surface area (Å²) in [4.78, 5) is 22.4. The molecule has 30 heavy (non-hydrogen) atoms. The number of anilines is 1. The zero-order chi connectivity index (χ0) is 20.7. The van der Waals surface area contributed by atoms with Crippen molar-refractivity contribution in [1.82, 2.24) is 19.6 Å². The minimum absolute atomic E-state index is 0.220. The number of aromatic nitrogens is 4. The third kappa shape index (κ3) is 3.08. The van der Waals surface area contributed by atoms with E-state index in [0.29, 0.717) is 17.0 Å². The number of nitrogens with one attached hydrogen (secondary N) is 1.